The summed E-state index contributed by atoms with van der Waals surface area (Å²) in [7, 11) is 1.68. The Morgan fingerprint density at radius 3 is 2.41 bits per heavy atom. The van der Waals surface area contributed by atoms with E-state index in [1.165, 1.54) is 0 Å². The fourth-order valence-electron chi connectivity index (χ4n) is 5.71. The smallest absolute Gasteiger partial charge is 0.252 e. The first kappa shape index (κ1) is 34.5. The zero-order chi connectivity index (χ0) is 32.6. The van der Waals surface area contributed by atoms with Gasteiger partial charge in [0.05, 0.1) is 27.7 Å². The molecule has 3 aromatic rings. The van der Waals surface area contributed by atoms with E-state index in [4.69, 9.17) is 49.0 Å². The molecule has 5 rings (SSSR count). The quantitative estimate of drug-likeness (QED) is 0.172. The summed E-state index contributed by atoms with van der Waals surface area (Å²) in [6, 6.07) is 12.9. The zero-order valence-electron chi connectivity index (χ0n) is 26.2. The van der Waals surface area contributed by atoms with Gasteiger partial charge in [-0.25, -0.2) is 0 Å². The molecule has 2 aliphatic rings. The highest BCUT2D eigenvalue weighted by Gasteiger charge is 2.38. The maximum atomic E-state index is 14.4. The summed E-state index contributed by atoms with van der Waals surface area (Å²) in [5.74, 6) is 1.03. The van der Waals surface area contributed by atoms with Crippen molar-refractivity contribution < 1.29 is 24.1 Å². The maximum absolute atomic E-state index is 14.4. The highest BCUT2D eigenvalue weighted by atomic mass is 35.5. The van der Waals surface area contributed by atoms with Crippen LogP contribution in [0.2, 0.25) is 15.1 Å². The van der Waals surface area contributed by atoms with E-state index in [1.54, 1.807) is 25.4 Å². The molecule has 2 heterocycles. The molecule has 0 spiro atoms. The second-order valence-electron chi connectivity index (χ2n) is 11.6. The van der Waals surface area contributed by atoms with Gasteiger partial charge in [-0.05, 0) is 98.2 Å². The van der Waals surface area contributed by atoms with Crippen LogP contribution in [0.1, 0.15) is 48.1 Å². The molecule has 1 aliphatic heterocycles. The van der Waals surface area contributed by atoms with Gasteiger partial charge in [0.1, 0.15) is 19.0 Å². The number of rotatable bonds is 15. The van der Waals surface area contributed by atoms with E-state index in [2.05, 4.69) is 10.3 Å². The van der Waals surface area contributed by atoms with E-state index >= 15 is 0 Å². The Hall–Kier alpha value is -2.85. The predicted molar refractivity (Wildman–Crippen MR) is 182 cm³/mol. The number of ether oxygens (including phenoxy) is 3. The summed E-state index contributed by atoms with van der Waals surface area (Å²) in [5.41, 5.74) is 5.19. The number of benzene rings is 2. The van der Waals surface area contributed by atoms with Crippen LogP contribution < -0.4 is 14.8 Å². The van der Waals surface area contributed by atoms with Gasteiger partial charge >= 0.3 is 0 Å². The van der Waals surface area contributed by atoms with Crippen LogP contribution in [0.4, 0.5) is 0 Å². The fraction of sp³-hybridized carbons (Fsp3) is 0.429. The number of aliphatic hydroxyl groups excluding tert-OH is 1. The molecule has 2 N–H and O–H groups in total. The molecule has 0 radical (unpaired) electrons. The minimum absolute atomic E-state index is 0.0801. The summed E-state index contributed by atoms with van der Waals surface area (Å²) in [6.07, 6.45) is 5.82. The Morgan fingerprint density at radius 1 is 1.02 bits per heavy atom. The monoisotopic (exact) mass is 687 g/mol. The molecule has 0 bridgehead atoms. The first-order chi connectivity index (χ1) is 22.3. The average Bonchev–Trinajstić information content (AvgIpc) is 3.89. The molecule has 1 amide bonds. The van der Waals surface area contributed by atoms with Gasteiger partial charge in [0.2, 0.25) is 0 Å². The lowest BCUT2D eigenvalue weighted by atomic mass is 9.88. The lowest BCUT2D eigenvalue weighted by Gasteiger charge is -2.33. The number of hydrogen-bond donors (Lipinski definition) is 2. The maximum Gasteiger partial charge on any atom is 0.252 e. The predicted octanol–water partition coefficient (Wildman–Crippen LogP) is 6.69. The van der Waals surface area contributed by atoms with E-state index in [9.17, 15) is 9.90 Å². The van der Waals surface area contributed by atoms with Crippen LogP contribution in [-0.4, -0.2) is 73.1 Å². The van der Waals surface area contributed by atoms with Crippen LogP contribution in [-0.2, 0) is 22.5 Å². The van der Waals surface area contributed by atoms with Crippen LogP contribution in [0.25, 0.3) is 5.57 Å². The summed E-state index contributed by atoms with van der Waals surface area (Å²) in [5, 5.41) is 15.1. The summed E-state index contributed by atoms with van der Waals surface area (Å²) in [6.45, 7) is 3.99. The highest BCUT2D eigenvalue weighted by Crippen LogP contribution is 2.36. The van der Waals surface area contributed by atoms with Crippen molar-refractivity contribution in [2.24, 2.45) is 0 Å². The zero-order valence-corrected chi connectivity index (χ0v) is 28.4. The van der Waals surface area contributed by atoms with Crippen molar-refractivity contribution in [3.05, 3.63) is 91.7 Å². The minimum Gasteiger partial charge on any atom is -0.490 e. The van der Waals surface area contributed by atoms with Crippen LogP contribution >= 0.6 is 34.8 Å². The van der Waals surface area contributed by atoms with Gasteiger partial charge in [-0.1, -0.05) is 46.9 Å². The van der Waals surface area contributed by atoms with Gasteiger partial charge in [0, 0.05) is 43.8 Å². The molecule has 8 nitrogen and oxygen atoms in total. The Labute approximate surface area is 285 Å². The van der Waals surface area contributed by atoms with Crippen molar-refractivity contribution in [1.82, 2.24) is 15.2 Å². The number of carbonyl (C=O) groups excluding carboxylic acids is 1. The number of aromatic nitrogens is 1. The molecule has 1 fully saturated rings. The molecule has 11 heteroatoms. The van der Waals surface area contributed by atoms with E-state index in [0.717, 1.165) is 53.6 Å². The number of nitrogens with one attached hydrogen (secondary N) is 1. The van der Waals surface area contributed by atoms with E-state index in [1.807, 2.05) is 42.2 Å². The van der Waals surface area contributed by atoms with Crippen molar-refractivity contribution >= 4 is 46.3 Å². The minimum atomic E-state index is -0.469. The second-order valence-corrected chi connectivity index (χ2v) is 12.9. The number of aryl methyl sites for hydroxylation is 2. The molecule has 1 aromatic heterocycles. The molecule has 1 atom stereocenters. The van der Waals surface area contributed by atoms with Gasteiger partial charge in [0.15, 0.2) is 5.75 Å². The van der Waals surface area contributed by atoms with Crippen molar-refractivity contribution in [1.29, 1.82) is 0 Å². The average molecular weight is 689 g/mol. The van der Waals surface area contributed by atoms with Crippen LogP contribution in [0, 0.1) is 6.92 Å². The lowest BCUT2D eigenvalue weighted by molar-refractivity contribution is -0.128. The number of halogens is 3. The van der Waals surface area contributed by atoms with Gasteiger partial charge in [-0.3, -0.25) is 9.78 Å². The number of amides is 1. The Bertz CT molecular complexity index is 1520. The van der Waals surface area contributed by atoms with Crippen LogP contribution in [0.5, 0.6) is 11.5 Å². The van der Waals surface area contributed by atoms with Crippen molar-refractivity contribution in [3.8, 4) is 11.5 Å². The normalized spacial score (nSPS) is 16.4. The number of carbonyl (C=O) groups is 1. The number of methoxy groups -OCH3 is 1. The number of hydrogen-bond acceptors (Lipinski definition) is 7. The third kappa shape index (κ3) is 8.73. The molecule has 1 aliphatic carbocycles. The van der Waals surface area contributed by atoms with Crippen molar-refractivity contribution in [3.63, 3.8) is 0 Å². The van der Waals surface area contributed by atoms with E-state index < -0.39 is 6.04 Å². The molecular formula is C35H40Cl3N3O5. The SMILES string of the molecule is COCCCc1cc(CN(C(=O)C2=C(c3ccc(OCCOc4c(Cl)cc(C)cc4Cl)cc3)CCNC2CO)C2CC2)c(Cl)cn1. The van der Waals surface area contributed by atoms with Gasteiger partial charge in [-0.2, -0.15) is 0 Å². The number of pyridine rings is 1. The molecule has 0 saturated heterocycles. The Kier molecular flexibility index (Phi) is 12.2. The molecule has 246 valence electrons. The number of nitrogens with zero attached hydrogens (tertiary/aromatic N) is 2. The van der Waals surface area contributed by atoms with Gasteiger partial charge < -0.3 is 29.5 Å². The molecular weight excluding hydrogens is 649 g/mol. The molecule has 2 aromatic carbocycles. The summed E-state index contributed by atoms with van der Waals surface area (Å²) < 4.78 is 16.9. The topological polar surface area (TPSA) is 93.2 Å². The van der Waals surface area contributed by atoms with Crippen LogP contribution in [0.15, 0.2) is 54.2 Å². The Balaban J connectivity index is 1.31. The van der Waals surface area contributed by atoms with Crippen molar-refractivity contribution in [2.45, 2.75) is 57.7 Å². The van der Waals surface area contributed by atoms with Gasteiger partial charge in [-0.15, -0.1) is 0 Å². The third-order valence-electron chi connectivity index (χ3n) is 8.16. The first-order valence-electron chi connectivity index (χ1n) is 15.6. The molecule has 46 heavy (non-hydrogen) atoms. The Morgan fingerprint density at radius 2 is 1.74 bits per heavy atom. The molecule has 1 saturated carbocycles. The summed E-state index contributed by atoms with van der Waals surface area (Å²) in [4.78, 5) is 20.7. The largest absolute Gasteiger partial charge is 0.490 e. The third-order valence-corrected chi connectivity index (χ3v) is 9.06. The highest BCUT2D eigenvalue weighted by molar-refractivity contribution is 6.37. The standard InChI is InChI=1S/C35H40Cl3N3O5/c1-22-16-29(36)34(30(37)17-22)46-15-14-45-27-9-5-23(6-10-27)28-11-12-39-32(21-42)33(28)35(43)41(26-7-8-26)20-24-18-25(4-3-13-44-2)40-19-31(24)38/h5-6,9-10,16-19,26,32,39,42H,3-4,7-8,11-15,20-21H2,1-2H3. The van der Waals surface area contributed by atoms with Crippen molar-refractivity contribution in [2.75, 3.05) is 40.1 Å². The van der Waals surface area contributed by atoms with E-state index in [0.29, 0.717) is 64.9 Å². The lowest BCUT2D eigenvalue weighted by Crippen LogP contribution is -2.46. The molecule has 1 unspecified atom stereocenters. The fourth-order valence-corrected chi connectivity index (χ4v) is 6.58. The first-order valence-corrected chi connectivity index (χ1v) is 16.7. The van der Waals surface area contributed by atoms with E-state index in [-0.39, 0.29) is 25.2 Å². The second kappa shape index (κ2) is 16.3. The summed E-state index contributed by atoms with van der Waals surface area (Å²) >= 11 is 19.1. The van der Waals surface area contributed by atoms with Gasteiger partial charge in [0.25, 0.3) is 5.91 Å². The van der Waals surface area contributed by atoms with Crippen LogP contribution in [0.3, 0.4) is 0 Å². The number of aliphatic hydroxyl groups is 1.